The van der Waals surface area contributed by atoms with E-state index in [1.807, 2.05) is 0 Å². The molecule has 3 heteroatoms. The number of likely N-dealkylation sites (tertiary alicyclic amines) is 1. The van der Waals surface area contributed by atoms with Crippen LogP contribution in [0.2, 0.25) is 0 Å². The zero-order valence-corrected chi connectivity index (χ0v) is 10.4. The van der Waals surface area contributed by atoms with Crippen molar-refractivity contribution in [1.29, 1.82) is 0 Å². The molecule has 92 valence electrons. The van der Waals surface area contributed by atoms with Gasteiger partial charge in [-0.1, -0.05) is 19.8 Å². The van der Waals surface area contributed by atoms with Crippen LogP contribution in [0.4, 0.5) is 0 Å². The number of nitrogens with zero attached hydrogens (tertiary/aromatic N) is 1. The minimum Gasteiger partial charge on any atom is -0.342 e. The SMILES string of the molecule is CC1CC(CN)(C(=O)N2CCCCCC2)C1. The van der Waals surface area contributed by atoms with E-state index in [1.165, 1.54) is 25.7 Å². The summed E-state index contributed by atoms with van der Waals surface area (Å²) in [5.74, 6) is 1.02. The summed E-state index contributed by atoms with van der Waals surface area (Å²) >= 11 is 0. The predicted molar refractivity (Wildman–Crippen MR) is 64.9 cm³/mol. The number of carbonyl (C=O) groups is 1. The zero-order chi connectivity index (χ0) is 11.6. The van der Waals surface area contributed by atoms with Gasteiger partial charge in [-0.05, 0) is 31.6 Å². The Morgan fingerprint density at radius 3 is 2.25 bits per heavy atom. The molecule has 1 saturated heterocycles. The van der Waals surface area contributed by atoms with Crippen LogP contribution in [0.1, 0.15) is 45.4 Å². The first kappa shape index (κ1) is 11.9. The van der Waals surface area contributed by atoms with Crippen LogP contribution in [0.15, 0.2) is 0 Å². The van der Waals surface area contributed by atoms with Crippen molar-refractivity contribution in [3.8, 4) is 0 Å². The highest BCUT2D eigenvalue weighted by Crippen LogP contribution is 2.46. The number of hydrogen-bond donors (Lipinski definition) is 1. The summed E-state index contributed by atoms with van der Waals surface area (Å²) in [5.41, 5.74) is 5.64. The van der Waals surface area contributed by atoms with E-state index in [9.17, 15) is 4.79 Å². The van der Waals surface area contributed by atoms with E-state index in [0.717, 1.165) is 25.9 Å². The van der Waals surface area contributed by atoms with Crippen molar-refractivity contribution in [1.82, 2.24) is 4.90 Å². The fourth-order valence-corrected chi connectivity index (χ4v) is 3.31. The van der Waals surface area contributed by atoms with Crippen molar-refractivity contribution in [2.24, 2.45) is 17.1 Å². The summed E-state index contributed by atoms with van der Waals surface area (Å²) in [6, 6.07) is 0. The van der Waals surface area contributed by atoms with E-state index in [-0.39, 0.29) is 5.41 Å². The van der Waals surface area contributed by atoms with E-state index in [2.05, 4.69) is 11.8 Å². The van der Waals surface area contributed by atoms with Gasteiger partial charge in [0.05, 0.1) is 5.41 Å². The Morgan fingerprint density at radius 2 is 1.81 bits per heavy atom. The fourth-order valence-electron chi connectivity index (χ4n) is 3.31. The van der Waals surface area contributed by atoms with Gasteiger partial charge in [0.2, 0.25) is 5.91 Å². The molecule has 0 bridgehead atoms. The third kappa shape index (κ3) is 2.10. The van der Waals surface area contributed by atoms with Crippen LogP contribution < -0.4 is 5.73 Å². The van der Waals surface area contributed by atoms with Gasteiger partial charge >= 0.3 is 0 Å². The minimum atomic E-state index is -0.191. The molecule has 2 fully saturated rings. The summed E-state index contributed by atoms with van der Waals surface area (Å²) in [6.07, 6.45) is 6.88. The van der Waals surface area contributed by atoms with Gasteiger partial charge in [-0.2, -0.15) is 0 Å². The molecule has 16 heavy (non-hydrogen) atoms. The van der Waals surface area contributed by atoms with Crippen molar-refractivity contribution in [3.63, 3.8) is 0 Å². The first-order valence-electron chi connectivity index (χ1n) is 6.67. The fraction of sp³-hybridized carbons (Fsp3) is 0.923. The largest absolute Gasteiger partial charge is 0.342 e. The average Bonchev–Trinajstić information content (AvgIpc) is 2.52. The summed E-state index contributed by atoms with van der Waals surface area (Å²) in [7, 11) is 0. The normalized spacial score (nSPS) is 35.4. The third-order valence-electron chi connectivity index (χ3n) is 4.22. The maximum atomic E-state index is 12.5. The minimum absolute atomic E-state index is 0.191. The number of carbonyl (C=O) groups excluding carboxylic acids is 1. The molecule has 1 saturated carbocycles. The monoisotopic (exact) mass is 224 g/mol. The second-order valence-corrected chi connectivity index (χ2v) is 5.70. The lowest BCUT2D eigenvalue weighted by Crippen LogP contribution is -2.54. The van der Waals surface area contributed by atoms with Crippen LogP contribution in [-0.2, 0) is 4.79 Å². The molecular formula is C13H24N2O. The van der Waals surface area contributed by atoms with E-state index < -0.39 is 0 Å². The second-order valence-electron chi connectivity index (χ2n) is 5.70. The van der Waals surface area contributed by atoms with E-state index in [4.69, 9.17) is 5.73 Å². The molecule has 1 amide bonds. The van der Waals surface area contributed by atoms with E-state index >= 15 is 0 Å². The van der Waals surface area contributed by atoms with E-state index in [0.29, 0.717) is 18.4 Å². The van der Waals surface area contributed by atoms with Crippen LogP contribution in [0.5, 0.6) is 0 Å². The topological polar surface area (TPSA) is 46.3 Å². The highest BCUT2D eigenvalue weighted by molar-refractivity contribution is 5.84. The zero-order valence-electron chi connectivity index (χ0n) is 10.4. The van der Waals surface area contributed by atoms with Gasteiger partial charge in [-0.15, -0.1) is 0 Å². The molecule has 0 aromatic heterocycles. The summed E-state index contributed by atoms with van der Waals surface area (Å²) in [4.78, 5) is 14.6. The van der Waals surface area contributed by atoms with Crippen molar-refractivity contribution < 1.29 is 4.79 Å². The van der Waals surface area contributed by atoms with Crippen LogP contribution in [-0.4, -0.2) is 30.4 Å². The average molecular weight is 224 g/mol. The number of hydrogen-bond acceptors (Lipinski definition) is 2. The molecule has 0 aromatic carbocycles. The Balaban J connectivity index is 1.99. The second kappa shape index (κ2) is 4.74. The quantitative estimate of drug-likeness (QED) is 0.777. The molecule has 0 radical (unpaired) electrons. The molecule has 1 aliphatic carbocycles. The molecule has 2 N–H and O–H groups in total. The lowest BCUT2D eigenvalue weighted by Gasteiger charge is -2.46. The van der Waals surface area contributed by atoms with Crippen molar-refractivity contribution in [2.75, 3.05) is 19.6 Å². The molecule has 0 spiro atoms. The molecule has 2 rings (SSSR count). The van der Waals surface area contributed by atoms with Crippen LogP contribution in [0.3, 0.4) is 0 Å². The lowest BCUT2D eigenvalue weighted by molar-refractivity contribution is -0.149. The Labute approximate surface area is 98.4 Å². The lowest BCUT2D eigenvalue weighted by atomic mass is 9.62. The molecule has 3 nitrogen and oxygen atoms in total. The molecule has 0 atom stereocenters. The summed E-state index contributed by atoms with van der Waals surface area (Å²) in [5, 5.41) is 0. The Hall–Kier alpha value is -0.570. The molecule has 1 aliphatic heterocycles. The molecule has 0 unspecified atom stereocenters. The number of rotatable bonds is 2. The van der Waals surface area contributed by atoms with Crippen molar-refractivity contribution in [2.45, 2.75) is 45.4 Å². The van der Waals surface area contributed by atoms with Crippen LogP contribution >= 0.6 is 0 Å². The number of amides is 1. The molecule has 2 aliphatic rings. The van der Waals surface area contributed by atoms with Gasteiger partial charge in [0, 0.05) is 19.6 Å². The molecule has 0 aromatic rings. The Bertz CT molecular complexity index is 251. The maximum Gasteiger partial charge on any atom is 0.230 e. The first-order valence-corrected chi connectivity index (χ1v) is 6.67. The van der Waals surface area contributed by atoms with Crippen molar-refractivity contribution >= 4 is 5.91 Å². The Morgan fingerprint density at radius 1 is 1.25 bits per heavy atom. The summed E-state index contributed by atoms with van der Waals surface area (Å²) in [6.45, 7) is 4.65. The van der Waals surface area contributed by atoms with Gasteiger partial charge in [0.25, 0.3) is 0 Å². The highest BCUT2D eigenvalue weighted by atomic mass is 16.2. The molecule has 1 heterocycles. The number of nitrogens with two attached hydrogens (primary N) is 1. The first-order chi connectivity index (χ1) is 7.68. The van der Waals surface area contributed by atoms with Crippen molar-refractivity contribution in [3.05, 3.63) is 0 Å². The smallest absolute Gasteiger partial charge is 0.230 e. The predicted octanol–water partition coefficient (Wildman–Crippen LogP) is 1.76. The maximum absolute atomic E-state index is 12.5. The van der Waals surface area contributed by atoms with Crippen LogP contribution in [0.25, 0.3) is 0 Å². The standard InChI is InChI=1S/C13H24N2O/c1-11-8-13(9-11,10-14)12(16)15-6-4-2-3-5-7-15/h11H,2-10,14H2,1H3. The molecular weight excluding hydrogens is 200 g/mol. The Kier molecular flexibility index (Phi) is 3.53. The van der Waals surface area contributed by atoms with Gasteiger partial charge in [-0.3, -0.25) is 4.79 Å². The van der Waals surface area contributed by atoms with Gasteiger partial charge in [0.15, 0.2) is 0 Å². The van der Waals surface area contributed by atoms with Gasteiger partial charge in [-0.25, -0.2) is 0 Å². The van der Waals surface area contributed by atoms with E-state index in [1.54, 1.807) is 0 Å². The van der Waals surface area contributed by atoms with Gasteiger partial charge in [0.1, 0.15) is 0 Å². The van der Waals surface area contributed by atoms with Gasteiger partial charge < -0.3 is 10.6 Å². The third-order valence-corrected chi connectivity index (χ3v) is 4.22. The highest BCUT2D eigenvalue weighted by Gasteiger charge is 2.48. The summed E-state index contributed by atoms with van der Waals surface area (Å²) < 4.78 is 0. The van der Waals surface area contributed by atoms with Crippen LogP contribution in [0, 0.1) is 11.3 Å².